The first-order valence-corrected chi connectivity index (χ1v) is 12.7. The van der Waals surface area contributed by atoms with Gasteiger partial charge in [-0.3, -0.25) is 0 Å². The standard InChI is InChI=1S/C20H25Cl2N2O4P/c21-10-12-23(13-11-22)29(26)24(16-4-2-1-3-5-16)14-17-18(28-29)8-6-15-7-9-19(25)27-20(15)17/h6-9,16H,1-5,10-14H2. The van der Waals surface area contributed by atoms with Crippen LogP contribution in [0.3, 0.4) is 0 Å². The van der Waals surface area contributed by atoms with E-state index in [1.807, 2.05) is 16.8 Å². The van der Waals surface area contributed by atoms with E-state index in [1.165, 1.54) is 12.5 Å². The minimum Gasteiger partial charge on any atom is -0.422 e. The van der Waals surface area contributed by atoms with Crippen LogP contribution in [-0.2, 0) is 11.1 Å². The first kappa shape index (κ1) is 21.2. The van der Waals surface area contributed by atoms with E-state index in [4.69, 9.17) is 32.1 Å². The van der Waals surface area contributed by atoms with Crippen molar-refractivity contribution in [1.29, 1.82) is 0 Å². The molecule has 2 heterocycles. The molecule has 0 bridgehead atoms. The Morgan fingerprint density at radius 2 is 1.76 bits per heavy atom. The van der Waals surface area contributed by atoms with Crippen molar-refractivity contribution in [2.75, 3.05) is 24.8 Å². The molecule has 1 saturated carbocycles. The molecule has 1 aromatic carbocycles. The number of hydrogen-bond acceptors (Lipinski definition) is 4. The van der Waals surface area contributed by atoms with E-state index in [0.717, 1.165) is 36.6 Å². The topological polar surface area (TPSA) is 63.0 Å². The van der Waals surface area contributed by atoms with Gasteiger partial charge in [-0.1, -0.05) is 19.3 Å². The summed E-state index contributed by atoms with van der Waals surface area (Å²) < 4.78 is 29.8. The van der Waals surface area contributed by atoms with Crippen LogP contribution in [-0.4, -0.2) is 40.2 Å². The molecule has 0 saturated heterocycles. The van der Waals surface area contributed by atoms with E-state index in [-0.39, 0.29) is 6.04 Å². The van der Waals surface area contributed by atoms with Gasteiger partial charge in [0.05, 0.1) is 5.56 Å². The smallest absolute Gasteiger partial charge is 0.396 e. The van der Waals surface area contributed by atoms with Gasteiger partial charge in [-0.25, -0.2) is 18.7 Å². The van der Waals surface area contributed by atoms with E-state index in [9.17, 15) is 9.36 Å². The average Bonchev–Trinajstić information content (AvgIpc) is 2.73. The summed E-state index contributed by atoms with van der Waals surface area (Å²) in [5.41, 5.74) is 0.868. The van der Waals surface area contributed by atoms with Crippen LogP contribution in [0.4, 0.5) is 0 Å². The van der Waals surface area contributed by atoms with Crippen molar-refractivity contribution in [3.8, 4) is 5.75 Å². The number of benzene rings is 1. The summed E-state index contributed by atoms with van der Waals surface area (Å²) in [6, 6.07) is 6.92. The third-order valence-corrected chi connectivity index (χ3v) is 8.76. The van der Waals surface area contributed by atoms with Gasteiger partial charge in [0.25, 0.3) is 0 Å². The van der Waals surface area contributed by atoms with Crippen molar-refractivity contribution in [3.63, 3.8) is 0 Å². The van der Waals surface area contributed by atoms with Crippen molar-refractivity contribution >= 4 is 41.8 Å². The molecule has 1 atom stereocenters. The van der Waals surface area contributed by atoms with Gasteiger partial charge >= 0.3 is 13.3 Å². The lowest BCUT2D eigenvalue weighted by atomic mass is 9.95. The Morgan fingerprint density at radius 3 is 2.45 bits per heavy atom. The fraction of sp³-hybridized carbons (Fsp3) is 0.550. The molecule has 2 aromatic rings. The van der Waals surface area contributed by atoms with E-state index in [1.54, 1.807) is 10.7 Å². The summed E-state index contributed by atoms with van der Waals surface area (Å²) >= 11 is 12.0. The predicted octanol–water partition coefficient (Wildman–Crippen LogP) is 5.21. The molecule has 6 nitrogen and oxygen atoms in total. The lowest BCUT2D eigenvalue weighted by Gasteiger charge is -2.45. The molecule has 1 unspecified atom stereocenters. The highest BCUT2D eigenvalue weighted by Crippen LogP contribution is 2.61. The van der Waals surface area contributed by atoms with Gasteiger partial charge in [-0.05, 0) is 31.0 Å². The second-order valence-electron chi connectivity index (χ2n) is 7.52. The van der Waals surface area contributed by atoms with Gasteiger partial charge < -0.3 is 8.94 Å². The fourth-order valence-electron chi connectivity index (χ4n) is 4.33. The van der Waals surface area contributed by atoms with Gasteiger partial charge in [0, 0.05) is 48.9 Å². The molecule has 2 aliphatic rings. The largest absolute Gasteiger partial charge is 0.422 e. The Bertz CT molecular complexity index is 971. The molecule has 1 aliphatic heterocycles. The van der Waals surface area contributed by atoms with Crippen LogP contribution in [0.5, 0.6) is 5.75 Å². The summed E-state index contributed by atoms with van der Waals surface area (Å²) in [5, 5.41) is 0.825. The monoisotopic (exact) mass is 458 g/mol. The molecule has 1 aliphatic carbocycles. The molecule has 4 rings (SSSR count). The minimum atomic E-state index is -3.38. The van der Waals surface area contributed by atoms with E-state index in [2.05, 4.69) is 0 Å². The van der Waals surface area contributed by atoms with E-state index in [0.29, 0.717) is 42.7 Å². The highest BCUT2D eigenvalue weighted by Gasteiger charge is 2.47. The van der Waals surface area contributed by atoms with Crippen LogP contribution in [0.25, 0.3) is 11.0 Å². The van der Waals surface area contributed by atoms with Crippen LogP contribution >= 0.6 is 30.9 Å². The fourth-order valence-corrected chi connectivity index (χ4v) is 7.62. The number of nitrogens with zero attached hydrogens (tertiary/aromatic N) is 2. The lowest BCUT2D eigenvalue weighted by Crippen LogP contribution is -2.44. The van der Waals surface area contributed by atoms with Crippen molar-refractivity contribution in [2.45, 2.75) is 44.7 Å². The average molecular weight is 459 g/mol. The Labute approximate surface area is 180 Å². The van der Waals surface area contributed by atoms with E-state index < -0.39 is 13.3 Å². The Morgan fingerprint density at radius 1 is 1.07 bits per heavy atom. The van der Waals surface area contributed by atoms with Crippen molar-refractivity contribution in [1.82, 2.24) is 9.34 Å². The van der Waals surface area contributed by atoms with Crippen LogP contribution in [0, 0.1) is 0 Å². The zero-order valence-corrected chi connectivity index (χ0v) is 18.6. The van der Waals surface area contributed by atoms with Gasteiger partial charge in [-0.2, -0.15) is 0 Å². The third-order valence-electron chi connectivity index (χ3n) is 5.75. The predicted molar refractivity (Wildman–Crippen MR) is 116 cm³/mol. The van der Waals surface area contributed by atoms with Crippen LogP contribution < -0.4 is 10.1 Å². The first-order valence-electron chi connectivity index (χ1n) is 10.1. The molecule has 0 spiro atoms. The summed E-state index contributed by atoms with van der Waals surface area (Å²) in [4.78, 5) is 11.8. The van der Waals surface area contributed by atoms with E-state index >= 15 is 0 Å². The number of halogens is 2. The molecule has 1 aromatic heterocycles. The second-order valence-corrected chi connectivity index (χ2v) is 10.5. The molecule has 29 heavy (non-hydrogen) atoms. The zero-order chi connectivity index (χ0) is 20.4. The Hall–Kier alpha value is -1.04. The van der Waals surface area contributed by atoms with Gasteiger partial charge in [-0.15, -0.1) is 23.2 Å². The summed E-state index contributed by atoms with van der Waals surface area (Å²) in [6.07, 6.45) is 5.32. The number of hydrogen-bond donors (Lipinski definition) is 0. The van der Waals surface area contributed by atoms with Crippen molar-refractivity contribution < 1.29 is 13.5 Å². The zero-order valence-electron chi connectivity index (χ0n) is 16.2. The molecule has 158 valence electrons. The quantitative estimate of drug-likeness (QED) is 0.336. The molecule has 0 radical (unpaired) electrons. The second kappa shape index (κ2) is 8.99. The summed E-state index contributed by atoms with van der Waals surface area (Å²) in [7, 11) is -3.38. The molecule has 0 amide bonds. The number of rotatable bonds is 6. The lowest BCUT2D eigenvalue weighted by molar-refractivity contribution is 0.185. The maximum absolute atomic E-state index is 14.3. The maximum Gasteiger partial charge on any atom is 0.396 e. The van der Waals surface area contributed by atoms with Crippen LogP contribution in [0.1, 0.15) is 37.7 Å². The Kier molecular flexibility index (Phi) is 6.57. The van der Waals surface area contributed by atoms with Crippen molar-refractivity contribution in [3.05, 3.63) is 40.2 Å². The van der Waals surface area contributed by atoms with Gasteiger partial charge in [0.1, 0.15) is 11.3 Å². The molecular weight excluding hydrogens is 434 g/mol. The van der Waals surface area contributed by atoms with Crippen LogP contribution in [0.2, 0.25) is 0 Å². The normalized spacial score (nSPS) is 23.3. The number of fused-ring (bicyclic) bond motifs is 3. The SMILES string of the molecule is O=c1ccc2ccc3c(c2o1)CN(C1CCCCC1)P(=O)(N(CCCl)CCCl)O3. The maximum atomic E-state index is 14.3. The molecule has 1 fully saturated rings. The Balaban J connectivity index is 1.82. The third kappa shape index (κ3) is 4.11. The first-order chi connectivity index (χ1) is 14.1. The minimum absolute atomic E-state index is 0.140. The molecular formula is C20H25Cl2N2O4P. The van der Waals surface area contributed by atoms with Crippen molar-refractivity contribution in [2.24, 2.45) is 0 Å². The summed E-state index contributed by atoms with van der Waals surface area (Å²) in [6.45, 7) is 1.25. The van der Waals surface area contributed by atoms with Crippen LogP contribution in [0.15, 0.2) is 33.5 Å². The highest BCUT2D eigenvalue weighted by molar-refractivity contribution is 7.54. The highest BCUT2D eigenvalue weighted by atomic mass is 35.5. The van der Waals surface area contributed by atoms with Gasteiger partial charge in [0.2, 0.25) is 0 Å². The van der Waals surface area contributed by atoms with Gasteiger partial charge in [0.15, 0.2) is 0 Å². The summed E-state index contributed by atoms with van der Waals surface area (Å²) in [5.74, 6) is 1.17. The number of alkyl halides is 2. The molecule has 0 N–H and O–H groups in total. The molecule has 9 heteroatoms.